The van der Waals surface area contributed by atoms with Crippen LogP contribution in [0.15, 0.2) is 84.9 Å². The van der Waals surface area contributed by atoms with Crippen molar-refractivity contribution in [3.63, 3.8) is 0 Å². The highest BCUT2D eigenvalue weighted by molar-refractivity contribution is 5.99. The summed E-state index contributed by atoms with van der Waals surface area (Å²) >= 11 is 0. The van der Waals surface area contributed by atoms with Crippen molar-refractivity contribution in [1.29, 1.82) is 0 Å². The average Bonchev–Trinajstić information content (AvgIpc) is 3.41. The van der Waals surface area contributed by atoms with Crippen molar-refractivity contribution in [2.75, 3.05) is 23.7 Å². The molecule has 0 radical (unpaired) electrons. The number of carbonyl (C=O) groups is 2. The molecule has 1 fully saturated rings. The van der Waals surface area contributed by atoms with Crippen LogP contribution in [0.2, 0.25) is 0 Å². The van der Waals surface area contributed by atoms with Crippen molar-refractivity contribution in [3.05, 3.63) is 107 Å². The summed E-state index contributed by atoms with van der Waals surface area (Å²) in [7, 11) is 0. The first-order valence-corrected chi connectivity index (χ1v) is 14.9. The largest absolute Gasteiger partial charge is 0.445 e. The number of hydrogen-bond donors (Lipinski definition) is 2. The van der Waals surface area contributed by atoms with Gasteiger partial charge in [-0.05, 0) is 67.5 Å². The molecule has 1 aliphatic rings. The number of nitrogens with one attached hydrogen (secondary N) is 2. The van der Waals surface area contributed by atoms with Crippen LogP contribution < -0.4 is 10.6 Å². The summed E-state index contributed by atoms with van der Waals surface area (Å²) in [6.45, 7) is 10.0. The lowest BCUT2D eigenvalue weighted by Gasteiger charge is -2.31. The van der Waals surface area contributed by atoms with Gasteiger partial charge in [0.2, 0.25) is 0 Å². The number of rotatable bonds is 7. The number of likely N-dealkylation sites (tertiary alicyclic amines) is 1. The molecular formula is C35H41N5O3. The maximum atomic E-state index is 13.1. The Morgan fingerprint density at radius 2 is 1.58 bits per heavy atom. The average molecular weight is 580 g/mol. The molecule has 2 N–H and O–H groups in total. The maximum Gasteiger partial charge on any atom is 0.410 e. The van der Waals surface area contributed by atoms with Gasteiger partial charge in [0.05, 0.1) is 11.4 Å². The Bertz CT molecular complexity index is 1530. The van der Waals surface area contributed by atoms with Gasteiger partial charge in [0.1, 0.15) is 12.4 Å². The van der Waals surface area contributed by atoms with E-state index in [9.17, 15) is 9.59 Å². The van der Waals surface area contributed by atoms with Gasteiger partial charge in [-0.1, -0.05) is 80.9 Å². The molecule has 1 saturated heterocycles. The zero-order chi connectivity index (χ0) is 30.4. The topological polar surface area (TPSA) is 88.5 Å². The molecule has 0 bridgehead atoms. The zero-order valence-electron chi connectivity index (χ0n) is 25.5. The Labute approximate surface area is 254 Å². The Morgan fingerprint density at radius 3 is 2.28 bits per heavy atom. The Kier molecular flexibility index (Phi) is 9.14. The lowest BCUT2D eigenvalue weighted by Crippen LogP contribution is -2.39. The van der Waals surface area contributed by atoms with Crippen molar-refractivity contribution in [3.8, 4) is 5.69 Å². The van der Waals surface area contributed by atoms with E-state index < -0.39 is 0 Å². The second-order valence-electron chi connectivity index (χ2n) is 12.4. The van der Waals surface area contributed by atoms with Gasteiger partial charge >= 0.3 is 12.1 Å². The summed E-state index contributed by atoms with van der Waals surface area (Å²) in [6, 6.07) is 27.4. The number of hydrogen-bond acceptors (Lipinski definition) is 4. The van der Waals surface area contributed by atoms with Crippen molar-refractivity contribution < 1.29 is 14.3 Å². The molecule has 1 aromatic heterocycles. The fourth-order valence-corrected chi connectivity index (χ4v) is 5.24. The lowest BCUT2D eigenvalue weighted by atomic mass is 9.90. The van der Waals surface area contributed by atoms with Crippen LogP contribution in [0, 0.1) is 12.8 Å². The highest BCUT2D eigenvalue weighted by Gasteiger charge is 2.24. The molecule has 8 nitrogen and oxygen atoms in total. The molecule has 0 aliphatic carbocycles. The van der Waals surface area contributed by atoms with Crippen LogP contribution in [0.4, 0.5) is 21.1 Å². The van der Waals surface area contributed by atoms with E-state index in [0.717, 1.165) is 53.0 Å². The van der Waals surface area contributed by atoms with Gasteiger partial charge in [-0.15, -0.1) is 0 Å². The number of anilines is 2. The van der Waals surface area contributed by atoms with Crippen molar-refractivity contribution in [1.82, 2.24) is 14.7 Å². The van der Waals surface area contributed by atoms with E-state index in [0.29, 0.717) is 31.4 Å². The van der Waals surface area contributed by atoms with E-state index in [2.05, 4.69) is 37.5 Å². The van der Waals surface area contributed by atoms with Gasteiger partial charge in [0.25, 0.3) is 0 Å². The summed E-state index contributed by atoms with van der Waals surface area (Å²) in [5, 5.41) is 10.8. The molecule has 224 valence electrons. The summed E-state index contributed by atoms with van der Waals surface area (Å²) < 4.78 is 7.28. The van der Waals surface area contributed by atoms with Crippen LogP contribution in [0.5, 0.6) is 0 Å². The standard InChI is InChI=1S/C35H41N5O3/c1-25-13-15-30(16-14-25)40-32(23-31(38-40)35(2,3)4)37-33(41)36-29-12-8-11-28(22-29)21-26-17-19-39(20-18-26)34(42)43-24-27-9-6-5-7-10-27/h5-16,22-23,26H,17-21,24H2,1-4H3,(H2,36,37,41). The van der Waals surface area contributed by atoms with Crippen molar-refractivity contribution >= 4 is 23.6 Å². The first-order chi connectivity index (χ1) is 20.6. The third kappa shape index (κ3) is 8.03. The molecule has 43 heavy (non-hydrogen) atoms. The van der Waals surface area contributed by atoms with Gasteiger partial charge in [-0.25, -0.2) is 14.3 Å². The fourth-order valence-electron chi connectivity index (χ4n) is 5.24. The van der Waals surface area contributed by atoms with E-state index in [4.69, 9.17) is 9.84 Å². The van der Waals surface area contributed by atoms with Gasteiger partial charge in [0.15, 0.2) is 0 Å². The number of urea groups is 1. The minimum absolute atomic E-state index is 0.171. The summed E-state index contributed by atoms with van der Waals surface area (Å²) in [4.78, 5) is 27.4. The fraction of sp³-hybridized carbons (Fsp3) is 0.343. The third-order valence-corrected chi connectivity index (χ3v) is 7.79. The van der Waals surface area contributed by atoms with Crippen LogP contribution in [0.1, 0.15) is 56.0 Å². The molecule has 3 aromatic carbocycles. The number of carbonyl (C=O) groups excluding carboxylic acids is 2. The number of aryl methyl sites for hydroxylation is 1. The molecule has 3 amide bonds. The molecule has 5 rings (SSSR count). The van der Waals surface area contributed by atoms with Crippen LogP contribution in [-0.2, 0) is 23.2 Å². The second-order valence-corrected chi connectivity index (χ2v) is 12.4. The van der Waals surface area contributed by atoms with E-state index >= 15 is 0 Å². The Hall–Kier alpha value is -4.59. The molecule has 4 aromatic rings. The van der Waals surface area contributed by atoms with E-state index in [1.54, 1.807) is 9.58 Å². The minimum Gasteiger partial charge on any atom is -0.445 e. The SMILES string of the molecule is Cc1ccc(-n2nc(C(C)(C)C)cc2NC(=O)Nc2cccc(CC3CCN(C(=O)OCc4ccccc4)CC3)c2)cc1. The van der Waals surface area contributed by atoms with E-state index in [1.165, 1.54) is 0 Å². The van der Waals surface area contributed by atoms with Crippen LogP contribution in [-0.4, -0.2) is 39.9 Å². The Morgan fingerprint density at radius 1 is 0.884 bits per heavy atom. The van der Waals surface area contributed by atoms with Crippen LogP contribution >= 0.6 is 0 Å². The zero-order valence-corrected chi connectivity index (χ0v) is 25.5. The third-order valence-electron chi connectivity index (χ3n) is 7.79. The number of aromatic nitrogens is 2. The summed E-state index contributed by atoms with van der Waals surface area (Å²) in [6.07, 6.45) is 2.46. The molecule has 0 saturated carbocycles. The summed E-state index contributed by atoms with van der Waals surface area (Å²) in [5.74, 6) is 1.07. The van der Waals surface area contributed by atoms with Gasteiger partial charge in [-0.3, -0.25) is 5.32 Å². The Balaban J connectivity index is 1.16. The van der Waals surface area contributed by atoms with Gasteiger partial charge in [0, 0.05) is 30.3 Å². The molecule has 1 aliphatic heterocycles. The van der Waals surface area contributed by atoms with Crippen LogP contribution in [0.3, 0.4) is 0 Å². The number of ether oxygens (including phenoxy) is 1. The smallest absolute Gasteiger partial charge is 0.410 e. The highest BCUT2D eigenvalue weighted by atomic mass is 16.6. The van der Waals surface area contributed by atoms with Gasteiger partial charge in [-0.2, -0.15) is 5.10 Å². The first kappa shape index (κ1) is 29.9. The van der Waals surface area contributed by atoms with Gasteiger partial charge < -0.3 is 15.0 Å². The van der Waals surface area contributed by atoms with Crippen LogP contribution in [0.25, 0.3) is 5.69 Å². The molecule has 0 unspecified atom stereocenters. The lowest BCUT2D eigenvalue weighted by molar-refractivity contribution is 0.0823. The number of benzene rings is 3. The number of piperidine rings is 1. The molecule has 0 atom stereocenters. The molecule has 0 spiro atoms. The predicted molar refractivity (Wildman–Crippen MR) is 171 cm³/mol. The molecular weight excluding hydrogens is 538 g/mol. The highest BCUT2D eigenvalue weighted by Crippen LogP contribution is 2.27. The molecule has 8 heteroatoms. The van der Waals surface area contributed by atoms with Crippen molar-refractivity contribution in [2.45, 2.75) is 59.0 Å². The van der Waals surface area contributed by atoms with E-state index in [1.807, 2.05) is 85.8 Å². The minimum atomic E-state index is -0.326. The first-order valence-electron chi connectivity index (χ1n) is 14.9. The summed E-state index contributed by atoms with van der Waals surface area (Å²) in [5.41, 5.74) is 5.63. The quantitative estimate of drug-likeness (QED) is 0.235. The van der Waals surface area contributed by atoms with E-state index in [-0.39, 0.29) is 17.5 Å². The molecule has 2 heterocycles. The number of amides is 3. The number of nitrogens with zero attached hydrogens (tertiary/aromatic N) is 3. The normalized spacial score (nSPS) is 13.9. The predicted octanol–water partition coefficient (Wildman–Crippen LogP) is 7.71. The monoisotopic (exact) mass is 579 g/mol. The maximum absolute atomic E-state index is 13.1. The second kappa shape index (κ2) is 13.2. The van der Waals surface area contributed by atoms with Crippen molar-refractivity contribution in [2.24, 2.45) is 5.92 Å².